The maximum Gasteiger partial charge on any atom is 0.213 e. The van der Waals surface area contributed by atoms with Gasteiger partial charge in [0.15, 0.2) is 8.32 Å². The molecular formula is C18H28N2O2Si. The van der Waals surface area contributed by atoms with Crippen LogP contribution >= 0.6 is 0 Å². The normalized spacial score (nSPS) is 12.6. The average molecular weight is 333 g/mol. The maximum absolute atomic E-state index is 6.25. The molecule has 0 aromatic carbocycles. The second kappa shape index (κ2) is 6.97. The molecular weight excluding hydrogens is 304 g/mol. The quantitative estimate of drug-likeness (QED) is 0.573. The van der Waals surface area contributed by atoms with Crippen molar-refractivity contribution in [1.82, 2.24) is 9.97 Å². The lowest BCUT2D eigenvalue weighted by atomic mass is 10.1. The van der Waals surface area contributed by atoms with Gasteiger partial charge in [0, 0.05) is 18.9 Å². The van der Waals surface area contributed by atoms with Crippen molar-refractivity contribution in [1.29, 1.82) is 0 Å². The van der Waals surface area contributed by atoms with E-state index in [1.165, 1.54) is 5.56 Å². The number of hydrogen-bond acceptors (Lipinski definition) is 4. The third-order valence-electron chi connectivity index (χ3n) is 4.71. The van der Waals surface area contributed by atoms with E-state index in [2.05, 4.69) is 43.8 Å². The summed E-state index contributed by atoms with van der Waals surface area (Å²) in [4.78, 5) is 8.92. The summed E-state index contributed by atoms with van der Waals surface area (Å²) < 4.78 is 11.5. The van der Waals surface area contributed by atoms with Gasteiger partial charge in [0.05, 0.1) is 18.1 Å². The summed E-state index contributed by atoms with van der Waals surface area (Å²) in [6.07, 6.45) is 3.78. The Morgan fingerprint density at radius 2 is 1.87 bits per heavy atom. The highest BCUT2D eigenvalue weighted by Crippen LogP contribution is 2.36. The molecule has 5 heteroatoms. The lowest BCUT2D eigenvalue weighted by Gasteiger charge is -2.36. The molecule has 0 amide bonds. The Morgan fingerprint density at radius 3 is 2.52 bits per heavy atom. The number of aryl methyl sites for hydroxylation is 1. The first-order valence-corrected chi connectivity index (χ1v) is 11.1. The van der Waals surface area contributed by atoms with Crippen LogP contribution < -0.4 is 4.74 Å². The number of hydrogen-bond donors (Lipinski definition) is 0. The van der Waals surface area contributed by atoms with E-state index < -0.39 is 8.32 Å². The minimum Gasteiger partial charge on any atom is -0.481 e. The fraction of sp³-hybridized carbons (Fsp3) is 0.556. The molecule has 0 atom stereocenters. The third kappa shape index (κ3) is 4.29. The molecule has 0 aliphatic rings. The zero-order valence-electron chi connectivity index (χ0n) is 15.1. The molecule has 0 N–H and O–H groups in total. The number of methoxy groups -OCH3 is 1. The van der Waals surface area contributed by atoms with E-state index in [9.17, 15) is 0 Å². The first-order chi connectivity index (χ1) is 10.7. The lowest BCUT2D eigenvalue weighted by molar-refractivity contribution is 0.282. The average Bonchev–Trinajstić information content (AvgIpc) is 2.50. The molecule has 4 nitrogen and oxygen atoms in total. The second-order valence-electron chi connectivity index (χ2n) is 7.40. The third-order valence-corrected chi connectivity index (χ3v) is 9.25. The van der Waals surface area contributed by atoms with Crippen molar-refractivity contribution in [3.63, 3.8) is 0 Å². The molecule has 0 radical (unpaired) electrons. The highest BCUT2D eigenvalue weighted by molar-refractivity contribution is 6.74. The van der Waals surface area contributed by atoms with Crippen molar-refractivity contribution in [2.24, 2.45) is 0 Å². The van der Waals surface area contributed by atoms with Gasteiger partial charge in [0.1, 0.15) is 0 Å². The van der Waals surface area contributed by atoms with Crippen molar-refractivity contribution in [2.45, 2.75) is 51.7 Å². The largest absolute Gasteiger partial charge is 0.481 e. The molecule has 0 spiro atoms. The van der Waals surface area contributed by atoms with Crippen LogP contribution in [0.1, 0.15) is 32.8 Å². The molecule has 2 rings (SSSR count). The van der Waals surface area contributed by atoms with E-state index in [0.717, 1.165) is 30.5 Å². The number of pyridine rings is 2. The maximum atomic E-state index is 6.25. The Morgan fingerprint density at radius 1 is 1.13 bits per heavy atom. The van der Waals surface area contributed by atoms with E-state index in [1.807, 2.05) is 24.4 Å². The van der Waals surface area contributed by atoms with Gasteiger partial charge in [-0.1, -0.05) is 20.8 Å². The molecule has 0 unspecified atom stereocenters. The van der Waals surface area contributed by atoms with Gasteiger partial charge in [0.25, 0.3) is 0 Å². The fourth-order valence-corrected chi connectivity index (χ4v) is 3.27. The van der Waals surface area contributed by atoms with Gasteiger partial charge in [-0.2, -0.15) is 0 Å². The fourth-order valence-electron chi connectivity index (χ4n) is 2.18. The summed E-state index contributed by atoms with van der Waals surface area (Å²) >= 11 is 0. The molecule has 0 bridgehead atoms. The van der Waals surface area contributed by atoms with Crippen LogP contribution in [-0.4, -0.2) is 32.0 Å². The minimum atomic E-state index is -1.66. The van der Waals surface area contributed by atoms with E-state index in [0.29, 0.717) is 5.88 Å². The van der Waals surface area contributed by atoms with Crippen LogP contribution in [0.3, 0.4) is 0 Å². The first-order valence-electron chi connectivity index (χ1n) is 8.17. The van der Waals surface area contributed by atoms with Crippen LogP contribution in [-0.2, 0) is 10.8 Å². The summed E-state index contributed by atoms with van der Waals surface area (Å²) in [6.45, 7) is 12.2. The molecule has 2 aromatic rings. The second-order valence-corrected chi connectivity index (χ2v) is 12.2. The highest BCUT2D eigenvalue weighted by Gasteiger charge is 2.36. The van der Waals surface area contributed by atoms with E-state index >= 15 is 0 Å². The minimum absolute atomic E-state index is 0.255. The SMILES string of the molecule is COc1ccc2nccc(CCCO[Si](C)(C)C(C)(C)C)c2n1. The topological polar surface area (TPSA) is 44.2 Å². The zero-order chi connectivity index (χ0) is 17.1. The molecule has 0 saturated carbocycles. The smallest absolute Gasteiger partial charge is 0.213 e. The molecule has 0 fully saturated rings. The summed E-state index contributed by atoms with van der Waals surface area (Å²) in [6, 6.07) is 5.84. The zero-order valence-corrected chi connectivity index (χ0v) is 16.1. The highest BCUT2D eigenvalue weighted by atomic mass is 28.4. The van der Waals surface area contributed by atoms with Crippen LogP contribution in [0.2, 0.25) is 18.1 Å². The Labute approximate surface area is 140 Å². The molecule has 2 aromatic heterocycles. The number of nitrogens with zero attached hydrogens (tertiary/aromatic N) is 2. The number of rotatable bonds is 6. The molecule has 0 saturated heterocycles. The molecule has 0 aliphatic carbocycles. The Balaban J connectivity index is 2.03. The van der Waals surface area contributed by atoms with Crippen molar-refractivity contribution in [3.8, 4) is 5.88 Å². The number of ether oxygens (including phenoxy) is 1. The summed E-state index contributed by atoms with van der Waals surface area (Å²) in [7, 11) is -0.0233. The van der Waals surface area contributed by atoms with Gasteiger partial charge >= 0.3 is 0 Å². The van der Waals surface area contributed by atoms with Gasteiger partial charge in [-0.15, -0.1) is 0 Å². The van der Waals surface area contributed by atoms with Gasteiger partial charge in [-0.05, 0) is 48.7 Å². The van der Waals surface area contributed by atoms with Crippen LogP contribution in [0, 0.1) is 0 Å². The molecule has 126 valence electrons. The van der Waals surface area contributed by atoms with E-state index in [1.54, 1.807) is 7.11 Å². The van der Waals surface area contributed by atoms with Gasteiger partial charge in [-0.3, -0.25) is 4.98 Å². The van der Waals surface area contributed by atoms with Crippen LogP contribution in [0.5, 0.6) is 5.88 Å². The predicted molar refractivity (Wildman–Crippen MR) is 97.6 cm³/mol. The summed E-state index contributed by atoms with van der Waals surface area (Å²) in [5, 5.41) is 0.255. The first kappa shape index (κ1) is 17.9. The molecule has 23 heavy (non-hydrogen) atoms. The summed E-state index contributed by atoms with van der Waals surface area (Å²) in [5.41, 5.74) is 3.04. The van der Waals surface area contributed by atoms with Crippen LogP contribution in [0.4, 0.5) is 0 Å². The summed E-state index contributed by atoms with van der Waals surface area (Å²) in [5.74, 6) is 0.629. The van der Waals surface area contributed by atoms with Crippen molar-refractivity contribution in [3.05, 3.63) is 30.0 Å². The standard InChI is InChI=1S/C18H28N2O2Si/c1-18(2,3)23(5,6)22-13-7-8-14-11-12-19-15-9-10-16(21-4)20-17(14)15/h9-12H,7-8,13H2,1-6H3. The monoisotopic (exact) mass is 332 g/mol. The lowest BCUT2D eigenvalue weighted by Crippen LogP contribution is -2.41. The Bertz CT molecular complexity index is 666. The van der Waals surface area contributed by atoms with Crippen molar-refractivity contribution < 1.29 is 9.16 Å². The van der Waals surface area contributed by atoms with Crippen LogP contribution in [0.15, 0.2) is 24.4 Å². The molecule has 2 heterocycles. The van der Waals surface area contributed by atoms with Crippen LogP contribution in [0.25, 0.3) is 11.0 Å². The molecule has 0 aliphatic heterocycles. The van der Waals surface area contributed by atoms with Crippen molar-refractivity contribution in [2.75, 3.05) is 13.7 Å². The number of fused-ring (bicyclic) bond motifs is 1. The predicted octanol–water partition coefficient (Wildman–Crippen LogP) is 4.59. The van der Waals surface area contributed by atoms with Gasteiger partial charge in [0.2, 0.25) is 5.88 Å². The van der Waals surface area contributed by atoms with E-state index in [4.69, 9.17) is 9.16 Å². The van der Waals surface area contributed by atoms with Gasteiger partial charge in [-0.25, -0.2) is 4.98 Å². The Kier molecular flexibility index (Phi) is 5.42. The van der Waals surface area contributed by atoms with Gasteiger partial charge < -0.3 is 9.16 Å². The Hall–Kier alpha value is -1.46. The van der Waals surface area contributed by atoms with E-state index in [-0.39, 0.29) is 5.04 Å². The van der Waals surface area contributed by atoms with Crippen molar-refractivity contribution >= 4 is 19.4 Å². The number of aromatic nitrogens is 2.